The Labute approximate surface area is 179 Å². The summed E-state index contributed by atoms with van der Waals surface area (Å²) in [5.74, 6) is 1.73. The van der Waals surface area contributed by atoms with Crippen LogP contribution in [0.2, 0.25) is 0 Å². The summed E-state index contributed by atoms with van der Waals surface area (Å²) in [6.07, 6.45) is 5.00. The summed E-state index contributed by atoms with van der Waals surface area (Å²) in [5, 5.41) is 3.33. The van der Waals surface area contributed by atoms with E-state index in [0.717, 1.165) is 33.7 Å². The second kappa shape index (κ2) is 8.83. The van der Waals surface area contributed by atoms with Crippen LogP contribution < -0.4 is 10.1 Å². The van der Waals surface area contributed by atoms with E-state index < -0.39 is 0 Å². The van der Waals surface area contributed by atoms with E-state index in [0.29, 0.717) is 18.2 Å². The number of fused-ring (bicyclic) bond motifs is 1. The van der Waals surface area contributed by atoms with E-state index in [-0.39, 0.29) is 12.5 Å². The molecule has 4 rings (SSSR count). The van der Waals surface area contributed by atoms with Crippen molar-refractivity contribution in [2.45, 2.75) is 27.3 Å². The van der Waals surface area contributed by atoms with E-state index in [1.165, 1.54) is 6.33 Å². The summed E-state index contributed by atoms with van der Waals surface area (Å²) in [6, 6.07) is 11.4. The van der Waals surface area contributed by atoms with Gasteiger partial charge in [0, 0.05) is 17.6 Å². The number of anilines is 2. The monoisotopic (exact) mass is 417 g/mol. The van der Waals surface area contributed by atoms with Gasteiger partial charge in [-0.15, -0.1) is 0 Å². The average molecular weight is 417 g/mol. The fraction of sp³-hybridized carbons (Fsp3) is 0.217. The van der Waals surface area contributed by atoms with Crippen LogP contribution in [0.15, 0.2) is 55.1 Å². The minimum absolute atomic E-state index is 0.0930. The SMILES string of the molecule is CCOC(=O)Cn1ccc2ncnc(Nc3ccc(Oc4ccc(C)nc4)c(C)c3)c21. The molecule has 8 nitrogen and oxygen atoms in total. The molecule has 1 N–H and O–H groups in total. The zero-order valence-corrected chi connectivity index (χ0v) is 17.6. The zero-order valence-electron chi connectivity index (χ0n) is 17.6. The molecular formula is C23H23N5O3. The number of pyridine rings is 1. The predicted molar refractivity (Wildman–Crippen MR) is 118 cm³/mol. The highest BCUT2D eigenvalue weighted by atomic mass is 16.5. The number of hydrogen-bond acceptors (Lipinski definition) is 7. The Kier molecular flexibility index (Phi) is 5.79. The number of nitrogens with one attached hydrogen (secondary N) is 1. The van der Waals surface area contributed by atoms with Crippen LogP contribution in [-0.4, -0.2) is 32.1 Å². The minimum Gasteiger partial charge on any atom is -0.465 e. The molecule has 0 aliphatic carbocycles. The number of carbonyl (C=O) groups is 1. The molecule has 8 heteroatoms. The molecule has 0 radical (unpaired) electrons. The summed E-state index contributed by atoms with van der Waals surface area (Å²) in [6.45, 7) is 6.12. The normalized spacial score (nSPS) is 10.8. The Balaban J connectivity index is 1.57. The number of benzene rings is 1. The van der Waals surface area contributed by atoms with Gasteiger partial charge in [0.1, 0.15) is 29.9 Å². The molecule has 0 unspecified atom stereocenters. The first kappa shape index (κ1) is 20.3. The third-order valence-corrected chi connectivity index (χ3v) is 4.70. The number of carbonyl (C=O) groups excluding carboxylic acids is 1. The Hall–Kier alpha value is -3.94. The Morgan fingerprint density at radius 1 is 1.10 bits per heavy atom. The molecule has 0 saturated heterocycles. The van der Waals surface area contributed by atoms with Crippen LogP contribution in [0.3, 0.4) is 0 Å². The third kappa shape index (κ3) is 4.63. The third-order valence-electron chi connectivity index (χ3n) is 4.70. The van der Waals surface area contributed by atoms with Crippen LogP contribution in [0, 0.1) is 13.8 Å². The zero-order chi connectivity index (χ0) is 21.8. The van der Waals surface area contributed by atoms with E-state index >= 15 is 0 Å². The molecule has 1 aromatic carbocycles. The molecule has 0 aliphatic rings. The molecule has 158 valence electrons. The lowest BCUT2D eigenvalue weighted by atomic mass is 10.2. The molecule has 0 atom stereocenters. The van der Waals surface area contributed by atoms with Crippen LogP contribution in [0.5, 0.6) is 11.5 Å². The summed E-state index contributed by atoms with van der Waals surface area (Å²) in [7, 11) is 0. The molecule has 31 heavy (non-hydrogen) atoms. The average Bonchev–Trinajstić information content (AvgIpc) is 3.15. The summed E-state index contributed by atoms with van der Waals surface area (Å²) < 4.78 is 12.8. The maximum atomic E-state index is 12.0. The molecule has 3 heterocycles. The Morgan fingerprint density at radius 3 is 2.71 bits per heavy atom. The van der Waals surface area contributed by atoms with E-state index in [1.54, 1.807) is 23.9 Å². The fourth-order valence-electron chi connectivity index (χ4n) is 3.22. The van der Waals surface area contributed by atoms with Gasteiger partial charge in [-0.1, -0.05) is 0 Å². The smallest absolute Gasteiger partial charge is 0.325 e. The standard InChI is InChI=1S/C23H23N5O3/c1-4-30-21(29)13-28-10-9-19-22(28)23(26-14-25-19)27-17-6-8-20(15(2)11-17)31-18-7-5-16(3)24-12-18/h5-12,14H,4,13H2,1-3H3,(H,25,26,27). The molecule has 0 aliphatic heterocycles. The number of nitrogens with zero attached hydrogens (tertiary/aromatic N) is 4. The molecule has 4 aromatic rings. The summed E-state index contributed by atoms with van der Waals surface area (Å²) >= 11 is 0. The van der Waals surface area contributed by atoms with Crippen LogP contribution in [0.25, 0.3) is 11.0 Å². The van der Waals surface area contributed by atoms with Gasteiger partial charge in [-0.2, -0.15) is 0 Å². The van der Waals surface area contributed by atoms with E-state index in [2.05, 4.69) is 20.3 Å². The van der Waals surface area contributed by atoms with Gasteiger partial charge in [0.25, 0.3) is 0 Å². The van der Waals surface area contributed by atoms with Crippen molar-refractivity contribution < 1.29 is 14.3 Å². The molecular weight excluding hydrogens is 394 g/mol. The molecule has 0 amide bonds. The number of ether oxygens (including phenoxy) is 2. The first-order chi connectivity index (χ1) is 15.0. The summed E-state index contributed by atoms with van der Waals surface area (Å²) in [4.78, 5) is 24.9. The van der Waals surface area contributed by atoms with Crippen molar-refractivity contribution in [1.29, 1.82) is 0 Å². The number of aryl methyl sites for hydroxylation is 2. The maximum Gasteiger partial charge on any atom is 0.325 e. The lowest BCUT2D eigenvalue weighted by Gasteiger charge is -2.13. The van der Waals surface area contributed by atoms with Gasteiger partial charge in [-0.3, -0.25) is 9.78 Å². The van der Waals surface area contributed by atoms with E-state index in [4.69, 9.17) is 9.47 Å². The topological polar surface area (TPSA) is 91.2 Å². The van der Waals surface area contributed by atoms with Crippen LogP contribution in [0.1, 0.15) is 18.2 Å². The number of rotatable bonds is 7. The predicted octanol–water partition coefficient (Wildman–Crippen LogP) is 4.54. The van der Waals surface area contributed by atoms with E-state index in [9.17, 15) is 4.79 Å². The van der Waals surface area contributed by atoms with Gasteiger partial charge >= 0.3 is 5.97 Å². The number of hydrogen-bond donors (Lipinski definition) is 1. The molecule has 3 aromatic heterocycles. The molecule has 0 fully saturated rings. The van der Waals surface area contributed by atoms with Crippen molar-refractivity contribution in [3.05, 3.63) is 66.4 Å². The van der Waals surface area contributed by atoms with Crippen molar-refractivity contribution in [2.75, 3.05) is 11.9 Å². The van der Waals surface area contributed by atoms with Gasteiger partial charge in [0.15, 0.2) is 5.82 Å². The highest BCUT2D eigenvalue weighted by Gasteiger charge is 2.13. The van der Waals surface area contributed by atoms with Gasteiger partial charge in [0.2, 0.25) is 0 Å². The van der Waals surface area contributed by atoms with Crippen LogP contribution >= 0.6 is 0 Å². The van der Waals surface area contributed by atoms with Crippen molar-refractivity contribution in [3.63, 3.8) is 0 Å². The first-order valence-corrected chi connectivity index (χ1v) is 9.97. The highest BCUT2D eigenvalue weighted by molar-refractivity contribution is 5.89. The van der Waals surface area contributed by atoms with Gasteiger partial charge < -0.3 is 19.4 Å². The maximum absolute atomic E-state index is 12.0. The fourth-order valence-corrected chi connectivity index (χ4v) is 3.22. The van der Waals surface area contributed by atoms with Crippen LogP contribution in [-0.2, 0) is 16.1 Å². The highest BCUT2D eigenvalue weighted by Crippen LogP contribution is 2.29. The van der Waals surface area contributed by atoms with Crippen molar-refractivity contribution in [3.8, 4) is 11.5 Å². The van der Waals surface area contributed by atoms with E-state index in [1.807, 2.05) is 50.2 Å². The summed E-state index contributed by atoms with van der Waals surface area (Å²) in [5.41, 5.74) is 4.21. The minimum atomic E-state index is -0.308. The first-order valence-electron chi connectivity index (χ1n) is 9.97. The Bertz CT molecular complexity index is 1220. The van der Waals surface area contributed by atoms with Gasteiger partial charge in [0.05, 0.1) is 18.3 Å². The lowest BCUT2D eigenvalue weighted by Crippen LogP contribution is -2.13. The number of esters is 1. The second-order valence-corrected chi connectivity index (χ2v) is 7.05. The van der Waals surface area contributed by atoms with Gasteiger partial charge in [-0.05, 0) is 62.7 Å². The van der Waals surface area contributed by atoms with Crippen molar-refractivity contribution in [2.24, 2.45) is 0 Å². The molecule has 0 spiro atoms. The quantitative estimate of drug-likeness (QED) is 0.441. The molecule has 0 bridgehead atoms. The van der Waals surface area contributed by atoms with Crippen LogP contribution in [0.4, 0.5) is 11.5 Å². The number of aromatic nitrogens is 4. The Morgan fingerprint density at radius 2 is 1.97 bits per heavy atom. The largest absolute Gasteiger partial charge is 0.465 e. The molecule has 0 saturated carbocycles. The second-order valence-electron chi connectivity index (χ2n) is 7.05. The van der Waals surface area contributed by atoms with Gasteiger partial charge in [-0.25, -0.2) is 9.97 Å². The van der Waals surface area contributed by atoms with Crippen molar-refractivity contribution >= 4 is 28.5 Å². The van der Waals surface area contributed by atoms with Crippen molar-refractivity contribution in [1.82, 2.24) is 19.5 Å². The lowest BCUT2D eigenvalue weighted by molar-refractivity contribution is -0.143.